The van der Waals surface area contributed by atoms with Gasteiger partial charge in [-0.1, -0.05) is 30.3 Å². The van der Waals surface area contributed by atoms with E-state index in [1.807, 2.05) is 30.3 Å². The van der Waals surface area contributed by atoms with Crippen LogP contribution in [-0.2, 0) is 0 Å². The highest BCUT2D eigenvalue weighted by atomic mass is 16.6. The van der Waals surface area contributed by atoms with E-state index < -0.39 is 4.92 Å². The smallest absolute Gasteiger partial charge is 0.235 e. The van der Waals surface area contributed by atoms with Crippen LogP contribution >= 0.6 is 0 Å². The van der Waals surface area contributed by atoms with Crippen LogP contribution in [0.1, 0.15) is 29.5 Å². The van der Waals surface area contributed by atoms with Gasteiger partial charge in [0.1, 0.15) is 5.82 Å². The van der Waals surface area contributed by atoms with Gasteiger partial charge in [-0.2, -0.15) is 0 Å². The molecule has 2 unspecified atom stereocenters. The molecule has 0 amide bonds. The van der Waals surface area contributed by atoms with Crippen molar-refractivity contribution in [2.24, 2.45) is 0 Å². The van der Waals surface area contributed by atoms with Gasteiger partial charge in [0, 0.05) is 29.8 Å². The summed E-state index contributed by atoms with van der Waals surface area (Å²) in [7, 11) is 0. The number of benzene rings is 1. The summed E-state index contributed by atoms with van der Waals surface area (Å²) in [6.07, 6.45) is 4.23. The van der Waals surface area contributed by atoms with E-state index in [0.717, 1.165) is 17.6 Å². The third-order valence-corrected chi connectivity index (χ3v) is 3.72. The average Bonchev–Trinajstić information content (AvgIpc) is 2.81. The van der Waals surface area contributed by atoms with Crippen molar-refractivity contribution < 1.29 is 4.92 Å². The molecule has 2 atom stereocenters. The van der Waals surface area contributed by atoms with Gasteiger partial charge in [0.05, 0.1) is 4.92 Å². The van der Waals surface area contributed by atoms with Gasteiger partial charge in [-0.15, -0.1) is 0 Å². The number of fused-ring (bicyclic) bond motifs is 1. The van der Waals surface area contributed by atoms with Gasteiger partial charge in [0.2, 0.25) is 6.20 Å². The normalized spacial score (nSPS) is 20.2. The summed E-state index contributed by atoms with van der Waals surface area (Å²) in [5, 5.41) is 13.7. The molecule has 21 heavy (non-hydrogen) atoms. The molecule has 0 radical (unpaired) electrons. The topological polar surface area (TPSA) is 68.1 Å². The Morgan fingerprint density at radius 3 is 2.76 bits per heavy atom. The number of hydrogen-bond acceptors (Lipinski definition) is 4. The Balaban J connectivity index is 1.89. The number of rotatable bonds is 3. The molecule has 106 valence electrons. The van der Waals surface area contributed by atoms with Crippen LogP contribution in [0.2, 0.25) is 0 Å². The lowest BCUT2D eigenvalue weighted by Crippen LogP contribution is -2.16. The van der Waals surface area contributed by atoms with E-state index in [-0.39, 0.29) is 12.0 Å². The highest BCUT2D eigenvalue weighted by molar-refractivity contribution is 5.58. The largest absolute Gasteiger partial charge is 0.366 e. The van der Waals surface area contributed by atoms with Crippen molar-refractivity contribution in [2.75, 3.05) is 5.32 Å². The molecular weight excluding hydrogens is 266 g/mol. The van der Waals surface area contributed by atoms with Gasteiger partial charge in [0.15, 0.2) is 0 Å². The molecule has 1 aliphatic heterocycles. The molecule has 2 heterocycles. The molecule has 1 aromatic heterocycles. The first kappa shape index (κ1) is 13.3. The molecule has 3 rings (SSSR count). The molecule has 0 saturated heterocycles. The summed E-state index contributed by atoms with van der Waals surface area (Å²) in [6.45, 7) is 2.13. The Morgan fingerprint density at radius 1 is 1.29 bits per heavy atom. The first-order valence-electron chi connectivity index (χ1n) is 6.78. The molecule has 0 spiro atoms. The summed E-state index contributed by atoms with van der Waals surface area (Å²) in [6, 6.07) is 12.1. The van der Waals surface area contributed by atoms with E-state index >= 15 is 0 Å². The molecular formula is C16H15N3O2. The molecule has 5 nitrogen and oxygen atoms in total. The lowest BCUT2D eigenvalue weighted by atomic mass is 9.89. The van der Waals surface area contributed by atoms with Crippen molar-refractivity contribution in [3.8, 4) is 0 Å². The van der Waals surface area contributed by atoms with E-state index in [1.54, 1.807) is 6.20 Å². The van der Waals surface area contributed by atoms with Crippen molar-refractivity contribution in [1.29, 1.82) is 0 Å². The Hall–Kier alpha value is -2.69. The van der Waals surface area contributed by atoms with Crippen LogP contribution in [0.25, 0.3) is 6.08 Å². The fourth-order valence-electron chi connectivity index (χ4n) is 2.79. The first-order chi connectivity index (χ1) is 10.1. The molecule has 2 aromatic rings. The van der Waals surface area contributed by atoms with Crippen LogP contribution in [0, 0.1) is 10.1 Å². The second kappa shape index (κ2) is 5.36. The number of pyridine rings is 1. The maximum absolute atomic E-state index is 10.3. The molecule has 0 aliphatic carbocycles. The molecule has 0 bridgehead atoms. The van der Waals surface area contributed by atoms with E-state index in [9.17, 15) is 10.1 Å². The third-order valence-electron chi connectivity index (χ3n) is 3.72. The minimum absolute atomic E-state index is 0.252. The predicted octanol–water partition coefficient (Wildman–Crippen LogP) is 3.27. The van der Waals surface area contributed by atoms with Crippen LogP contribution in [0.4, 0.5) is 5.82 Å². The van der Waals surface area contributed by atoms with Crippen molar-refractivity contribution in [3.05, 3.63) is 75.6 Å². The summed E-state index contributed by atoms with van der Waals surface area (Å²) in [5.74, 6) is 1.19. The van der Waals surface area contributed by atoms with Gasteiger partial charge in [0.25, 0.3) is 0 Å². The summed E-state index contributed by atoms with van der Waals surface area (Å²) < 4.78 is 0. The SMILES string of the molecule is CC1Nc2ncccc2C1c1ccc(C=C[N+](=O)[O-])cc1. The fourth-order valence-corrected chi connectivity index (χ4v) is 2.79. The lowest BCUT2D eigenvalue weighted by Gasteiger charge is -2.16. The van der Waals surface area contributed by atoms with Crippen LogP contribution < -0.4 is 5.32 Å². The van der Waals surface area contributed by atoms with Crippen molar-refractivity contribution in [3.63, 3.8) is 0 Å². The number of nitrogens with zero attached hydrogens (tertiary/aromatic N) is 2. The van der Waals surface area contributed by atoms with Crippen molar-refractivity contribution in [2.45, 2.75) is 18.9 Å². The lowest BCUT2D eigenvalue weighted by molar-refractivity contribution is -0.400. The van der Waals surface area contributed by atoms with E-state index in [0.29, 0.717) is 0 Å². The Bertz CT molecular complexity index is 695. The van der Waals surface area contributed by atoms with Gasteiger partial charge < -0.3 is 5.32 Å². The summed E-state index contributed by atoms with van der Waals surface area (Å²) in [4.78, 5) is 14.2. The third kappa shape index (κ3) is 2.63. The monoisotopic (exact) mass is 281 g/mol. The van der Waals surface area contributed by atoms with E-state index in [1.165, 1.54) is 17.2 Å². The molecule has 1 N–H and O–H groups in total. The fraction of sp³-hybridized carbons (Fsp3) is 0.188. The summed E-state index contributed by atoms with van der Waals surface area (Å²) in [5.41, 5.74) is 3.19. The van der Waals surface area contributed by atoms with Crippen LogP contribution in [0.3, 0.4) is 0 Å². The quantitative estimate of drug-likeness (QED) is 0.692. The second-order valence-corrected chi connectivity index (χ2v) is 5.12. The van der Waals surface area contributed by atoms with Crippen molar-refractivity contribution in [1.82, 2.24) is 4.98 Å². The number of aromatic nitrogens is 1. The van der Waals surface area contributed by atoms with Gasteiger partial charge >= 0.3 is 0 Å². The number of nitrogens with one attached hydrogen (secondary N) is 1. The number of hydrogen-bond donors (Lipinski definition) is 1. The summed E-state index contributed by atoms with van der Waals surface area (Å²) >= 11 is 0. The Morgan fingerprint density at radius 2 is 2.05 bits per heavy atom. The van der Waals surface area contributed by atoms with Gasteiger partial charge in [-0.05, 0) is 24.1 Å². The highest BCUT2D eigenvalue weighted by Gasteiger charge is 2.30. The van der Waals surface area contributed by atoms with Crippen LogP contribution in [0.5, 0.6) is 0 Å². The standard InChI is InChI=1S/C16H15N3O2/c1-11-15(14-3-2-9-17-16(14)18-11)13-6-4-12(5-7-13)8-10-19(20)21/h2-11,15H,1H3,(H,17,18). The Kier molecular flexibility index (Phi) is 3.39. The zero-order valence-corrected chi connectivity index (χ0v) is 11.6. The highest BCUT2D eigenvalue weighted by Crippen LogP contribution is 2.38. The Labute approximate surface area is 122 Å². The molecule has 0 fully saturated rings. The van der Waals surface area contributed by atoms with Gasteiger partial charge in [-0.3, -0.25) is 10.1 Å². The van der Waals surface area contributed by atoms with Crippen molar-refractivity contribution >= 4 is 11.9 Å². The van der Waals surface area contributed by atoms with E-state index in [4.69, 9.17) is 0 Å². The van der Waals surface area contributed by atoms with Gasteiger partial charge in [-0.25, -0.2) is 4.98 Å². The number of nitro groups is 1. The molecule has 1 aromatic carbocycles. The minimum Gasteiger partial charge on any atom is -0.366 e. The molecule has 5 heteroatoms. The molecule has 0 saturated carbocycles. The second-order valence-electron chi connectivity index (χ2n) is 5.12. The maximum Gasteiger partial charge on any atom is 0.235 e. The zero-order chi connectivity index (χ0) is 14.8. The average molecular weight is 281 g/mol. The minimum atomic E-state index is -0.460. The maximum atomic E-state index is 10.3. The predicted molar refractivity (Wildman–Crippen MR) is 81.6 cm³/mol. The van der Waals surface area contributed by atoms with E-state index in [2.05, 4.69) is 23.3 Å². The molecule has 1 aliphatic rings. The van der Waals surface area contributed by atoms with Crippen LogP contribution in [-0.4, -0.2) is 15.9 Å². The number of anilines is 1. The first-order valence-corrected chi connectivity index (χ1v) is 6.78. The zero-order valence-electron chi connectivity index (χ0n) is 11.6. The van der Waals surface area contributed by atoms with Crippen LogP contribution in [0.15, 0.2) is 48.8 Å².